The monoisotopic (exact) mass is 248 g/mol. The minimum Gasteiger partial charge on any atom is -0.394 e. The van der Waals surface area contributed by atoms with Gasteiger partial charge in [0.1, 0.15) is 0 Å². The minimum atomic E-state index is -1.15. The summed E-state index contributed by atoms with van der Waals surface area (Å²) in [6.07, 6.45) is 2.02. The van der Waals surface area contributed by atoms with Gasteiger partial charge in [0, 0.05) is 0 Å². The first-order valence-corrected chi connectivity index (χ1v) is 5.60. The second kappa shape index (κ2) is 6.52. The number of carbonyl (C=O) groups excluding carboxylic acids is 3. The zero-order valence-corrected chi connectivity index (χ0v) is 12.9. The molecule has 1 fully saturated rings. The number of amides is 4. The molecule has 2 atom stereocenters. The SMILES string of the molecule is CCC[C@@H](C)C1(CC)C(=O)[N-]C(=O)NC1=O.[Na+]. The van der Waals surface area contributed by atoms with Gasteiger partial charge in [0.2, 0.25) is 0 Å². The molecule has 90 valence electrons. The average Bonchev–Trinajstić information content (AvgIpc) is 2.18. The molecule has 0 aliphatic carbocycles. The predicted molar refractivity (Wildman–Crippen MR) is 58.7 cm³/mol. The van der Waals surface area contributed by atoms with Crippen LogP contribution in [0.15, 0.2) is 0 Å². The molecule has 0 spiro atoms. The number of rotatable bonds is 4. The van der Waals surface area contributed by atoms with Crippen LogP contribution >= 0.6 is 0 Å². The van der Waals surface area contributed by atoms with Crippen LogP contribution in [0.3, 0.4) is 0 Å². The Kier molecular flexibility index (Phi) is 6.37. The predicted octanol–water partition coefficient (Wildman–Crippen LogP) is -1.03. The topological polar surface area (TPSA) is 77.3 Å². The third-order valence-corrected chi connectivity index (χ3v) is 3.33. The third kappa shape index (κ3) is 2.89. The summed E-state index contributed by atoms with van der Waals surface area (Å²) < 4.78 is 0. The first kappa shape index (κ1) is 16.6. The van der Waals surface area contributed by atoms with Gasteiger partial charge in [-0.2, -0.15) is 0 Å². The molecule has 1 saturated heterocycles. The summed E-state index contributed by atoms with van der Waals surface area (Å²) in [7, 11) is 0. The molecule has 1 unspecified atom stereocenters. The molecular weight excluding hydrogens is 231 g/mol. The van der Waals surface area contributed by atoms with E-state index in [1.807, 2.05) is 13.8 Å². The summed E-state index contributed by atoms with van der Waals surface area (Å²) in [4.78, 5) is 34.7. The molecule has 0 aromatic heterocycles. The van der Waals surface area contributed by atoms with Crippen LogP contribution in [0.1, 0.15) is 40.0 Å². The number of barbiturate groups is 1. The molecule has 1 aliphatic heterocycles. The number of nitrogens with zero attached hydrogens (tertiary/aromatic N) is 1. The fraction of sp³-hybridized carbons (Fsp3) is 0.727. The van der Waals surface area contributed by atoms with Crippen molar-refractivity contribution in [2.45, 2.75) is 40.0 Å². The van der Waals surface area contributed by atoms with Crippen LogP contribution in [-0.2, 0) is 9.59 Å². The van der Waals surface area contributed by atoms with Gasteiger partial charge in [-0.1, -0.05) is 27.2 Å². The Bertz CT molecular complexity index is 311. The number of urea groups is 1. The molecule has 4 amide bonds. The minimum absolute atomic E-state index is 0. The van der Waals surface area contributed by atoms with Gasteiger partial charge in [-0.3, -0.25) is 14.4 Å². The smallest absolute Gasteiger partial charge is 0.394 e. The molecule has 1 aliphatic rings. The van der Waals surface area contributed by atoms with Crippen molar-refractivity contribution in [3.8, 4) is 0 Å². The van der Waals surface area contributed by atoms with E-state index in [0.717, 1.165) is 12.8 Å². The van der Waals surface area contributed by atoms with E-state index in [9.17, 15) is 14.4 Å². The molecule has 17 heavy (non-hydrogen) atoms. The van der Waals surface area contributed by atoms with E-state index in [1.54, 1.807) is 6.92 Å². The summed E-state index contributed by atoms with van der Waals surface area (Å²) >= 11 is 0. The summed E-state index contributed by atoms with van der Waals surface area (Å²) in [5, 5.41) is 5.48. The van der Waals surface area contributed by atoms with E-state index in [0.29, 0.717) is 6.42 Å². The molecule has 1 heterocycles. The fourth-order valence-corrected chi connectivity index (χ4v) is 2.30. The maximum absolute atomic E-state index is 11.9. The van der Waals surface area contributed by atoms with E-state index >= 15 is 0 Å². The van der Waals surface area contributed by atoms with Crippen molar-refractivity contribution in [3.05, 3.63) is 5.32 Å². The van der Waals surface area contributed by atoms with Gasteiger partial charge >= 0.3 is 29.6 Å². The van der Waals surface area contributed by atoms with Gasteiger partial charge < -0.3 is 10.6 Å². The molecule has 5 nitrogen and oxygen atoms in total. The van der Waals surface area contributed by atoms with Crippen LogP contribution in [0.25, 0.3) is 5.32 Å². The number of carbonyl (C=O) groups is 3. The number of hydrogen-bond donors (Lipinski definition) is 1. The van der Waals surface area contributed by atoms with Crippen LogP contribution in [0.4, 0.5) is 4.79 Å². The van der Waals surface area contributed by atoms with Gasteiger partial charge in [0.15, 0.2) is 17.8 Å². The maximum Gasteiger partial charge on any atom is 1.00 e. The van der Waals surface area contributed by atoms with Gasteiger partial charge in [-0.15, -0.1) is 0 Å². The standard InChI is InChI=1S/C11H18N2O3.Na/c1-4-6-7(3)11(5-2)8(14)12-10(16)13-9(11)15;/h7H,4-6H2,1-3H3,(H2,12,13,14,15,16);/q;+1/p-1/t7-;/m1./s1. The first-order chi connectivity index (χ1) is 7.48. The summed E-state index contributed by atoms with van der Waals surface area (Å²) in [6.45, 7) is 5.62. The molecule has 0 saturated carbocycles. The molecule has 6 heteroatoms. The molecule has 1 rings (SSSR count). The van der Waals surface area contributed by atoms with Crippen molar-refractivity contribution in [1.29, 1.82) is 0 Å². The van der Waals surface area contributed by atoms with E-state index in [1.165, 1.54) is 0 Å². The zero-order chi connectivity index (χ0) is 12.3. The van der Waals surface area contributed by atoms with Gasteiger partial charge in [0.25, 0.3) is 0 Å². The second-order valence-corrected chi connectivity index (χ2v) is 4.19. The van der Waals surface area contributed by atoms with Gasteiger partial charge in [-0.05, 0) is 18.8 Å². The Morgan fingerprint density at radius 3 is 2.29 bits per heavy atom. The molecule has 0 aromatic rings. The van der Waals surface area contributed by atoms with E-state index in [4.69, 9.17) is 0 Å². The Labute approximate surface area is 123 Å². The van der Waals surface area contributed by atoms with E-state index in [2.05, 4.69) is 10.6 Å². The van der Waals surface area contributed by atoms with Gasteiger partial charge in [-0.25, -0.2) is 0 Å². The summed E-state index contributed by atoms with van der Waals surface area (Å²) in [5.41, 5.74) is -1.15. The zero-order valence-electron chi connectivity index (χ0n) is 10.9. The molecule has 0 radical (unpaired) electrons. The molecule has 0 bridgehead atoms. The average molecular weight is 248 g/mol. The third-order valence-electron chi connectivity index (χ3n) is 3.33. The fourth-order valence-electron chi connectivity index (χ4n) is 2.30. The van der Waals surface area contributed by atoms with Crippen molar-refractivity contribution in [2.75, 3.05) is 0 Å². The van der Waals surface area contributed by atoms with Crippen molar-refractivity contribution >= 4 is 17.8 Å². The van der Waals surface area contributed by atoms with Crippen LogP contribution in [0.5, 0.6) is 0 Å². The van der Waals surface area contributed by atoms with Crippen molar-refractivity contribution in [2.24, 2.45) is 11.3 Å². The summed E-state index contributed by atoms with van der Waals surface area (Å²) in [6, 6.07) is -0.845. The van der Waals surface area contributed by atoms with Crippen LogP contribution in [-0.4, -0.2) is 17.8 Å². The van der Waals surface area contributed by atoms with Crippen LogP contribution in [0.2, 0.25) is 0 Å². The largest absolute Gasteiger partial charge is 1.00 e. The van der Waals surface area contributed by atoms with E-state index < -0.39 is 23.3 Å². The first-order valence-electron chi connectivity index (χ1n) is 5.60. The van der Waals surface area contributed by atoms with Crippen LogP contribution < -0.4 is 34.9 Å². The normalized spacial score (nSPS) is 25.7. The maximum atomic E-state index is 11.9. The quantitative estimate of drug-likeness (QED) is 0.510. The Hall–Kier alpha value is -0.390. The van der Waals surface area contributed by atoms with Crippen molar-refractivity contribution < 1.29 is 43.9 Å². The Balaban J connectivity index is 0.00000256. The number of nitrogens with one attached hydrogen (secondary N) is 1. The molecule has 0 aromatic carbocycles. The summed E-state index contributed by atoms with van der Waals surface area (Å²) in [5.74, 6) is -1.20. The van der Waals surface area contributed by atoms with E-state index in [-0.39, 0.29) is 35.5 Å². The van der Waals surface area contributed by atoms with Crippen molar-refractivity contribution in [1.82, 2.24) is 5.32 Å². The van der Waals surface area contributed by atoms with Gasteiger partial charge in [0.05, 0.1) is 5.41 Å². The Morgan fingerprint density at radius 1 is 1.29 bits per heavy atom. The van der Waals surface area contributed by atoms with Crippen molar-refractivity contribution in [3.63, 3.8) is 0 Å². The second-order valence-electron chi connectivity index (χ2n) is 4.19. The number of hydrogen-bond acceptors (Lipinski definition) is 3. The number of imide groups is 2. The van der Waals surface area contributed by atoms with Crippen LogP contribution in [0, 0.1) is 11.3 Å². The Morgan fingerprint density at radius 2 is 1.88 bits per heavy atom. The molecular formula is C11H17N2NaO3. The molecule has 1 N–H and O–H groups in total.